The van der Waals surface area contributed by atoms with Gasteiger partial charge in [0.1, 0.15) is 12.9 Å². The number of carbonyl (C=O) groups is 2. The van der Waals surface area contributed by atoms with E-state index in [1.165, 1.54) is 35.6 Å². The zero-order valence-corrected chi connectivity index (χ0v) is 14.9. The maximum absolute atomic E-state index is 12.7. The number of hydrogen-bond donors (Lipinski definition) is 1. The van der Waals surface area contributed by atoms with Crippen LogP contribution in [0.2, 0.25) is 0 Å². The monoisotopic (exact) mass is 378 g/mol. The Labute approximate surface area is 161 Å². The molecule has 3 rings (SSSR count). The van der Waals surface area contributed by atoms with Gasteiger partial charge in [-0.2, -0.15) is 0 Å². The van der Waals surface area contributed by atoms with Crippen molar-refractivity contribution in [2.75, 3.05) is 11.4 Å². The molecule has 0 saturated heterocycles. The molecular weight excluding hydrogens is 360 g/mol. The van der Waals surface area contributed by atoms with Crippen LogP contribution >= 0.6 is 0 Å². The van der Waals surface area contributed by atoms with Crippen molar-refractivity contribution < 1.29 is 23.8 Å². The van der Waals surface area contributed by atoms with Gasteiger partial charge in [0.15, 0.2) is 0 Å². The fourth-order valence-electron chi connectivity index (χ4n) is 2.59. The van der Waals surface area contributed by atoms with Crippen LogP contribution in [-0.2, 0) is 11.3 Å². The molecule has 0 bridgehead atoms. The first-order valence-electron chi connectivity index (χ1n) is 8.46. The van der Waals surface area contributed by atoms with Crippen molar-refractivity contribution in [2.24, 2.45) is 0 Å². The molecule has 0 fully saturated rings. The number of ether oxygens (including phenoxy) is 1. The number of carboxylic acid groups (broad SMARTS) is 1. The number of amides is 1. The van der Waals surface area contributed by atoms with Crippen LogP contribution in [0.25, 0.3) is 11.5 Å². The molecule has 0 aliphatic carbocycles. The van der Waals surface area contributed by atoms with E-state index < -0.39 is 12.1 Å². The molecule has 1 heterocycles. The summed E-state index contributed by atoms with van der Waals surface area (Å²) in [6.07, 6.45) is 3.75. The fraction of sp³-hybridized carbons (Fsp3) is 0.0952. The van der Waals surface area contributed by atoms with Crippen molar-refractivity contribution in [2.45, 2.75) is 6.61 Å². The van der Waals surface area contributed by atoms with Gasteiger partial charge in [-0.25, -0.2) is 14.6 Å². The van der Waals surface area contributed by atoms with E-state index in [0.717, 1.165) is 5.56 Å². The number of nitrogens with zero attached hydrogens (tertiary/aromatic N) is 2. The molecule has 0 aliphatic rings. The summed E-state index contributed by atoms with van der Waals surface area (Å²) in [5.74, 6) is -0.883. The molecule has 28 heavy (non-hydrogen) atoms. The fourth-order valence-corrected chi connectivity index (χ4v) is 2.59. The molecule has 0 spiro atoms. The molecule has 0 radical (unpaired) electrons. The van der Waals surface area contributed by atoms with Gasteiger partial charge in [0.25, 0.3) is 0 Å². The molecule has 0 unspecified atom stereocenters. The maximum Gasteiger partial charge on any atom is 0.414 e. The van der Waals surface area contributed by atoms with Crippen LogP contribution in [-0.4, -0.2) is 28.7 Å². The van der Waals surface area contributed by atoms with Crippen LogP contribution < -0.4 is 4.90 Å². The summed E-state index contributed by atoms with van der Waals surface area (Å²) in [4.78, 5) is 29.5. The number of benzene rings is 2. The average molecular weight is 378 g/mol. The van der Waals surface area contributed by atoms with Crippen LogP contribution in [0.4, 0.5) is 10.5 Å². The molecule has 1 N–H and O–H groups in total. The maximum atomic E-state index is 12.7. The Morgan fingerprint density at radius 3 is 2.64 bits per heavy atom. The molecule has 7 nitrogen and oxygen atoms in total. The van der Waals surface area contributed by atoms with Gasteiger partial charge >= 0.3 is 12.1 Å². The van der Waals surface area contributed by atoms with E-state index >= 15 is 0 Å². The molecule has 0 atom stereocenters. The predicted octanol–water partition coefficient (Wildman–Crippen LogP) is 4.37. The molecule has 1 aromatic heterocycles. The van der Waals surface area contributed by atoms with Crippen LogP contribution in [0.15, 0.2) is 78.1 Å². The minimum absolute atomic E-state index is 0.00405. The van der Waals surface area contributed by atoms with Crippen LogP contribution in [0.3, 0.4) is 0 Å². The van der Waals surface area contributed by atoms with E-state index in [0.29, 0.717) is 11.3 Å². The second kappa shape index (κ2) is 8.68. The molecule has 1 amide bonds. The van der Waals surface area contributed by atoms with Crippen molar-refractivity contribution in [1.82, 2.24) is 4.98 Å². The van der Waals surface area contributed by atoms with Crippen molar-refractivity contribution >= 4 is 17.7 Å². The second-order valence-electron chi connectivity index (χ2n) is 5.85. The third kappa shape index (κ3) is 4.45. The topological polar surface area (TPSA) is 92.9 Å². The summed E-state index contributed by atoms with van der Waals surface area (Å²) in [5, 5.41) is 9.43. The highest BCUT2D eigenvalue weighted by molar-refractivity contribution is 5.94. The van der Waals surface area contributed by atoms with E-state index in [2.05, 4.69) is 11.6 Å². The summed E-state index contributed by atoms with van der Waals surface area (Å²) in [5.41, 5.74) is 1.61. The van der Waals surface area contributed by atoms with Gasteiger partial charge in [-0.3, -0.25) is 4.90 Å². The van der Waals surface area contributed by atoms with Crippen LogP contribution in [0.1, 0.15) is 15.9 Å². The minimum Gasteiger partial charge on any atom is -0.478 e. The Balaban J connectivity index is 1.90. The normalized spacial score (nSPS) is 10.3. The Bertz CT molecular complexity index is 968. The zero-order valence-electron chi connectivity index (χ0n) is 14.9. The summed E-state index contributed by atoms with van der Waals surface area (Å²) in [7, 11) is 0. The Kier molecular flexibility index (Phi) is 5.86. The smallest absolute Gasteiger partial charge is 0.414 e. The number of aromatic carboxylic acids is 1. The van der Waals surface area contributed by atoms with Crippen molar-refractivity contribution in [3.63, 3.8) is 0 Å². The standard InChI is InChI=1S/C21H18N2O5/c1-2-9-23(21(26)28-14-15-6-4-3-5-7-15)18-12-16(19-22-8-10-27-19)11-17(13-18)20(24)25/h2-8,10-13H,1,9,14H2,(H,24,25). The Morgan fingerprint density at radius 1 is 1.21 bits per heavy atom. The zero-order chi connectivity index (χ0) is 19.9. The van der Waals surface area contributed by atoms with Gasteiger partial charge in [0, 0.05) is 17.8 Å². The quantitative estimate of drug-likeness (QED) is 0.614. The molecular formula is C21H18N2O5. The Hall–Kier alpha value is -3.87. The molecule has 0 saturated carbocycles. The highest BCUT2D eigenvalue weighted by Gasteiger charge is 2.20. The Morgan fingerprint density at radius 2 is 2.00 bits per heavy atom. The van der Waals surface area contributed by atoms with Gasteiger partial charge in [0.05, 0.1) is 11.8 Å². The number of oxazole rings is 1. The predicted molar refractivity (Wildman–Crippen MR) is 103 cm³/mol. The first-order valence-corrected chi connectivity index (χ1v) is 8.46. The number of rotatable bonds is 7. The summed E-state index contributed by atoms with van der Waals surface area (Å²) in [6, 6.07) is 13.7. The first kappa shape index (κ1) is 18.9. The largest absolute Gasteiger partial charge is 0.478 e. The van der Waals surface area contributed by atoms with Gasteiger partial charge in [-0.05, 0) is 23.8 Å². The van der Waals surface area contributed by atoms with Crippen LogP contribution in [0.5, 0.6) is 0 Å². The van der Waals surface area contributed by atoms with E-state index in [4.69, 9.17) is 9.15 Å². The number of carboxylic acids is 1. The molecule has 142 valence electrons. The summed E-state index contributed by atoms with van der Waals surface area (Å²) in [6.45, 7) is 3.90. The van der Waals surface area contributed by atoms with Gasteiger partial charge in [0.2, 0.25) is 5.89 Å². The lowest BCUT2D eigenvalue weighted by Gasteiger charge is -2.21. The highest BCUT2D eigenvalue weighted by atomic mass is 16.6. The lowest BCUT2D eigenvalue weighted by atomic mass is 10.1. The van der Waals surface area contributed by atoms with Gasteiger partial charge < -0.3 is 14.3 Å². The number of anilines is 1. The first-order chi connectivity index (χ1) is 13.6. The van der Waals surface area contributed by atoms with Crippen molar-refractivity contribution in [3.8, 4) is 11.5 Å². The van der Waals surface area contributed by atoms with E-state index in [1.807, 2.05) is 30.3 Å². The lowest BCUT2D eigenvalue weighted by molar-refractivity contribution is 0.0696. The van der Waals surface area contributed by atoms with Gasteiger partial charge in [-0.15, -0.1) is 6.58 Å². The molecule has 0 aliphatic heterocycles. The van der Waals surface area contributed by atoms with Crippen molar-refractivity contribution in [3.05, 3.63) is 84.8 Å². The average Bonchev–Trinajstić information content (AvgIpc) is 3.25. The van der Waals surface area contributed by atoms with Crippen LogP contribution in [0, 0.1) is 0 Å². The SMILES string of the molecule is C=CCN(C(=O)OCc1ccccc1)c1cc(C(=O)O)cc(-c2ncco2)c1. The third-order valence-electron chi connectivity index (χ3n) is 3.89. The number of hydrogen-bond acceptors (Lipinski definition) is 5. The number of carbonyl (C=O) groups excluding carboxylic acids is 1. The summed E-state index contributed by atoms with van der Waals surface area (Å²) >= 11 is 0. The third-order valence-corrected chi connectivity index (χ3v) is 3.89. The van der Waals surface area contributed by atoms with Gasteiger partial charge in [-0.1, -0.05) is 36.4 Å². The molecule has 7 heteroatoms. The van der Waals surface area contributed by atoms with Crippen molar-refractivity contribution in [1.29, 1.82) is 0 Å². The highest BCUT2D eigenvalue weighted by Crippen LogP contribution is 2.27. The van der Waals surface area contributed by atoms with E-state index in [9.17, 15) is 14.7 Å². The van der Waals surface area contributed by atoms with E-state index in [-0.39, 0.29) is 24.6 Å². The summed E-state index contributed by atoms with van der Waals surface area (Å²) < 4.78 is 10.6. The molecule has 3 aromatic rings. The second-order valence-corrected chi connectivity index (χ2v) is 5.85. The minimum atomic E-state index is -1.13. The van der Waals surface area contributed by atoms with E-state index in [1.54, 1.807) is 6.07 Å². The number of aromatic nitrogens is 1. The molecule has 2 aromatic carbocycles. The lowest BCUT2D eigenvalue weighted by Crippen LogP contribution is -2.31.